The number of rotatable bonds is 2. The molecule has 0 N–H and O–H groups in total. The minimum atomic E-state index is -0.298. The van der Waals surface area contributed by atoms with E-state index in [9.17, 15) is 9.18 Å². The van der Waals surface area contributed by atoms with Gasteiger partial charge >= 0.3 is 0 Å². The number of aldehydes is 1. The fraction of sp³-hybridized carbons (Fsp3) is 0.258. The van der Waals surface area contributed by atoms with Crippen LogP contribution in [-0.2, 0) is 10.8 Å². The number of halogens is 1. The Bertz CT molecular complexity index is 1460. The molecule has 172 valence electrons. The summed E-state index contributed by atoms with van der Waals surface area (Å²) in [5.74, 6) is -0.215. The number of nitrogens with zero attached hydrogens (tertiary/aromatic N) is 1. The smallest absolute Gasteiger partial charge is 0.150 e. The lowest BCUT2D eigenvalue weighted by Gasteiger charge is -2.43. The van der Waals surface area contributed by atoms with Gasteiger partial charge in [0.25, 0.3) is 0 Å². The third kappa shape index (κ3) is 3.34. The monoisotopic (exact) mass is 451 g/mol. The first kappa shape index (κ1) is 22.3. The Labute approximate surface area is 201 Å². The van der Waals surface area contributed by atoms with Crippen LogP contribution in [0, 0.1) is 12.7 Å². The van der Waals surface area contributed by atoms with E-state index >= 15 is 0 Å². The molecule has 1 aliphatic rings. The van der Waals surface area contributed by atoms with E-state index in [-0.39, 0.29) is 16.6 Å². The molecule has 34 heavy (non-hydrogen) atoms. The summed E-state index contributed by atoms with van der Waals surface area (Å²) in [4.78, 5) is 13.6. The zero-order valence-electron chi connectivity index (χ0n) is 20.7. The zero-order chi connectivity index (χ0) is 24.4. The van der Waals surface area contributed by atoms with E-state index < -0.39 is 0 Å². The number of benzene rings is 4. The van der Waals surface area contributed by atoms with E-state index in [2.05, 4.69) is 69.9 Å². The van der Waals surface area contributed by atoms with Crippen LogP contribution in [0.4, 0.5) is 21.5 Å². The molecule has 4 aromatic carbocycles. The summed E-state index contributed by atoms with van der Waals surface area (Å²) in [6, 6.07) is 22.2. The Morgan fingerprint density at radius 3 is 2.29 bits per heavy atom. The maximum absolute atomic E-state index is 14.7. The highest BCUT2D eigenvalue weighted by atomic mass is 19.1. The van der Waals surface area contributed by atoms with Crippen molar-refractivity contribution < 1.29 is 9.18 Å². The van der Waals surface area contributed by atoms with Crippen molar-refractivity contribution in [1.29, 1.82) is 0 Å². The van der Waals surface area contributed by atoms with Gasteiger partial charge in [0.15, 0.2) is 0 Å². The number of hydrogen-bond acceptors (Lipinski definition) is 2. The number of anilines is 3. The molecule has 0 bridgehead atoms. The van der Waals surface area contributed by atoms with Gasteiger partial charge in [-0.1, -0.05) is 71.0 Å². The standard InChI is InChI=1S/C31H30FNO/c1-19-7-11-23(17-26(19)32)33-27-14-10-22(30(2,3)4)16-25(27)31(5,6)29-24-12-8-20(18-34)15-21(24)9-13-28(29)33/h7-18H,1-6H3. The predicted octanol–water partition coefficient (Wildman–Crippen LogP) is 8.51. The molecule has 0 fully saturated rings. The third-order valence-corrected chi connectivity index (χ3v) is 7.21. The van der Waals surface area contributed by atoms with Crippen LogP contribution in [0.25, 0.3) is 10.8 Å². The van der Waals surface area contributed by atoms with Crippen LogP contribution in [0.5, 0.6) is 0 Å². The maximum atomic E-state index is 14.7. The van der Waals surface area contributed by atoms with Crippen LogP contribution in [-0.4, -0.2) is 6.29 Å². The van der Waals surface area contributed by atoms with Crippen molar-refractivity contribution >= 4 is 34.1 Å². The summed E-state index contributed by atoms with van der Waals surface area (Å²) in [6.45, 7) is 13.0. The van der Waals surface area contributed by atoms with Crippen LogP contribution in [0.2, 0.25) is 0 Å². The lowest BCUT2D eigenvalue weighted by atomic mass is 9.70. The molecular weight excluding hydrogens is 421 g/mol. The number of aryl methyl sites for hydroxylation is 1. The molecule has 0 unspecified atom stereocenters. The summed E-state index contributed by atoms with van der Waals surface area (Å²) in [7, 11) is 0. The molecule has 0 aliphatic carbocycles. The average molecular weight is 452 g/mol. The number of carbonyl (C=O) groups excluding carboxylic acids is 1. The van der Waals surface area contributed by atoms with Gasteiger partial charge in [0.1, 0.15) is 12.1 Å². The van der Waals surface area contributed by atoms with Gasteiger partial charge < -0.3 is 4.90 Å². The molecule has 3 heteroatoms. The van der Waals surface area contributed by atoms with Crippen molar-refractivity contribution in [2.45, 2.75) is 52.4 Å². The van der Waals surface area contributed by atoms with E-state index in [1.54, 1.807) is 13.0 Å². The molecule has 0 saturated heterocycles. The summed E-state index contributed by atoms with van der Waals surface area (Å²) in [6.07, 6.45) is 0.885. The second-order valence-corrected chi connectivity index (χ2v) is 10.9. The van der Waals surface area contributed by atoms with Gasteiger partial charge in [0, 0.05) is 16.7 Å². The summed E-state index contributed by atoms with van der Waals surface area (Å²) in [5, 5.41) is 2.14. The number of hydrogen-bond donors (Lipinski definition) is 0. The zero-order valence-corrected chi connectivity index (χ0v) is 20.7. The summed E-state index contributed by atoms with van der Waals surface area (Å²) in [5.41, 5.74) is 7.56. The molecule has 0 atom stereocenters. The highest BCUT2D eigenvalue weighted by molar-refractivity contribution is 5.99. The molecule has 2 nitrogen and oxygen atoms in total. The van der Waals surface area contributed by atoms with Crippen LogP contribution < -0.4 is 4.90 Å². The van der Waals surface area contributed by atoms with E-state index in [0.717, 1.165) is 34.1 Å². The van der Waals surface area contributed by atoms with Crippen molar-refractivity contribution in [3.8, 4) is 0 Å². The van der Waals surface area contributed by atoms with E-state index in [1.165, 1.54) is 16.7 Å². The average Bonchev–Trinajstić information content (AvgIpc) is 2.79. The highest BCUT2D eigenvalue weighted by Gasteiger charge is 2.39. The van der Waals surface area contributed by atoms with E-state index in [1.807, 2.05) is 30.3 Å². The van der Waals surface area contributed by atoms with Crippen LogP contribution in [0.15, 0.2) is 66.7 Å². The van der Waals surface area contributed by atoms with Crippen LogP contribution >= 0.6 is 0 Å². The largest absolute Gasteiger partial charge is 0.310 e. The molecule has 1 aliphatic heterocycles. The molecule has 0 amide bonds. The molecule has 1 heterocycles. The SMILES string of the molecule is Cc1ccc(N2c3ccc(C(C)(C)C)cc3C(C)(C)c3c2ccc2cc(C=O)ccc32)cc1F. The van der Waals surface area contributed by atoms with Gasteiger partial charge in [0.05, 0.1) is 11.4 Å². The molecular formula is C31H30FNO. The van der Waals surface area contributed by atoms with Gasteiger partial charge in [-0.3, -0.25) is 4.79 Å². The lowest BCUT2D eigenvalue weighted by molar-refractivity contribution is 0.112. The normalized spacial score (nSPS) is 14.6. The minimum Gasteiger partial charge on any atom is -0.310 e. The first-order chi connectivity index (χ1) is 16.0. The molecule has 0 saturated carbocycles. The Kier molecular flexibility index (Phi) is 4.95. The van der Waals surface area contributed by atoms with Crippen LogP contribution in [0.1, 0.15) is 67.2 Å². The van der Waals surface area contributed by atoms with Crippen molar-refractivity contribution in [3.63, 3.8) is 0 Å². The Balaban J connectivity index is 1.88. The lowest BCUT2D eigenvalue weighted by Crippen LogP contribution is -2.31. The van der Waals surface area contributed by atoms with E-state index in [4.69, 9.17) is 0 Å². The second kappa shape index (κ2) is 7.53. The molecule has 4 aromatic rings. The Hall–Kier alpha value is -3.46. The topological polar surface area (TPSA) is 20.3 Å². The molecule has 0 aromatic heterocycles. The Morgan fingerprint density at radius 1 is 0.882 bits per heavy atom. The van der Waals surface area contributed by atoms with Gasteiger partial charge in [-0.15, -0.1) is 0 Å². The Morgan fingerprint density at radius 2 is 1.62 bits per heavy atom. The third-order valence-electron chi connectivity index (χ3n) is 7.21. The summed E-state index contributed by atoms with van der Waals surface area (Å²) >= 11 is 0. The molecule has 0 radical (unpaired) electrons. The van der Waals surface area contributed by atoms with Crippen molar-refractivity contribution in [3.05, 3.63) is 100 Å². The van der Waals surface area contributed by atoms with Gasteiger partial charge in [0.2, 0.25) is 0 Å². The summed E-state index contributed by atoms with van der Waals surface area (Å²) < 4.78 is 14.7. The van der Waals surface area contributed by atoms with E-state index in [0.29, 0.717) is 11.1 Å². The fourth-order valence-electron chi connectivity index (χ4n) is 5.21. The van der Waals surface area contributed by atoms with Gasteiger partial charge in [-0.25, -0.2) is 4.39 Å². The second-order valence-electron chi connectivity index (χ2n) is 10.9. The quantitative estimate of drug-likeness (QED) is 0.285. The van der Waals surface area contributed by atoms with Crippen molar-refractivity contribution in [2.24, 2.45) is 0 Å². The highest BCUT2D eigenvalue weighted by Crippen LogP contribution is 2.54. The number of carbonyl (C=O) groups is 1. The fourth-order valence-corrected chi connectivity index (χ4v) is 5.21. The first-order valence-corrected chi connectivity index (χ1v) is 11.8. The van der Waals surface area contributed by atoms with Crippen LogP contribution in [0.3, 0.4) is 0 Å². The van der Waals surface area contributed by atoms with Gasteiger partial charge in [-0.2, -0.15) is 0 Å². The van der Waals surface area contributed by atoms with Crippen molar-refractivity contribution in [2.75, 3.05) is 4.90 Å². The first-order valence-electron chi connectivity index (χ1n) is 11.8. The predicted molar refractivity (Wildman–Crippen MR) is 140 cm³/mol. The van der Waals surface area contributed by atoms with Gasteiger partial charge in [-0.05, 0) is 75.7 Å². The minimum absolute atomic E-state index is 0.00377. The molecule has 0 spiro atoms. The van der Waals surface area contributed by atoms with Crippen molar-refractivity contribution in [1.82, 2.24) is 0 Å². The maximum Gasteiger partial charge on any atom is 0.150 e. The number of fused-ring (bicyclic) bond motifs is 4. The molecule has 5 rings (SSSR count).